The zero-order valence-corrected chi connectivity index (χ0v) is 16.9. The summed E-state index contributed by atoms with van der Waals surface area (Å²) in [6, 6.07) is 10.4. The maximum atomic E-state index is 12.6. The molecule has 0 unspecified atom stereocenters. The number of rotatable bonds is 5. The second-order valence-corrected chi connectivity index (χ2v) is 7.19. The zero-order chi connectivity index (χ0) is 21.1. The van der Waals surface area contributed by atoms with Crippen molar-refractivity contribution in [2.75, 3.05) is 25.5 Å². The molecule has 1 N–H and O–H groups in total. The Labute approximate surface area is 173 Å². The van der Waals surface area contributed by atoms with E-state index in [0.717, 1.165) is 12.8 Å². The van der Waals surface area contributed by atoms with Crippen LogP contribution in [0.15, 0.2) is 47.1 Å². The lowest BCUT2D eigenvalue weighted by molar-refractivity contribution is 0.0680. The quantitative estimate of drug-likeness (QED) is 0.695. The molecule has 0 radical (unpaired) electrons. The molecule has 3 heterocycles. The van der Waals surface area contributed by atoms with Crippen LogP contribution in [-0.4, -0.2) is 51.9 Å². The maximum Gasteiger partial charge on any atom is 0.276 e. The Morgan fingerprint density at radius 1 is 1.17 bits per heavy atom. The first-order chi connectivity index (χ1) is 14.5. The maximum absolute atomic E-state index is 12.6. The van der Waals surface area contributed by atoms with Gasteiger partial charge in [-0.3, -0.25) is 9.59 Å². The smallest absolute Gasteiger partial charge is 0.276 e. The van der Waals surface area contributed by atoms with Crippen LogP contribution in [0.3, 0.4) is 0 Å². The molecule has 0 spiro atoms. The largest absolute Gasteiger partial charge is 0.497 e. The normalized spacial score (nSPS) is 14.5. The fourth-order valence-corrected chi connectivity index (χ4v) is 3.58. The average molecular weight is 409 g/mol. The lowest BCUT2D eigenvalue weighted by Crippen LogP contribution is -2.39. The summed E-state index contributed by atoms with van der Waals surface area (Å²) in [6.45, 7) is 2.93. The standard InChI is InChI=1S/C21H23N5O4/c1-14-13-18(24-30-14)21(28)25-11-8-16(9-12-25)26-19(7-10-22-26)23-20(27)15-3-5-17(29-2)6-4-15/h3-7,10,13,16H,8-9,11-12H2,1-2H3,(H,23,27). The van der Waals surface area contributed by atoms with Gasteiger partial charge in [-0.05, 0) is 44.0 Å². The molecular weight excluding hydrogens is 386 g/mol. The molecule has 9 nitrogen and oxygen atoms in total. The van der Waals surface area contributed by atoms with Crippen molar-refractivity contribution >= 4 is 17.6 Å². The molecule has 3 aromatic rings. The van der Waals surface area contributed by atoms with Crippen LogP contribution < -0.4 is 10.1 Å². The van der Waals surface area contributed by atoms with Gasteiger partial charge in [-0.25, -0.2) is 4.68 Å². The van der Waals surface area contributed by atoms with Crippen LogP contribution in [0, 0.1) is 6.92 Å². The number of methoxy groups -OCH3 is 1. The van der Waals surface area contributed by atoms with Gasteiger partial charge in [-0.15, -0.1) is 0 Å². The molecule has 30 heavy (non-hydrogen) atoms. The first kappa shape index (κ1) is 19.7. The van der Waals surface area contributed by atoms with Gasteiger partial charge in [0.25, 0.3) is 11.8 Å². The highest BCUT2D eigenvalue weighted by atomic mass is 16.5. The highest BCUT2D eigenvalue weighted by Crippen LogP contribution is 2.26. The summed E-state index contributed by atoms with van der Waals surface area (Å²) in [4.78, 5) is 26.9. The first-order valence-corrected chi connectivity index (χ1v) is 9.76. The van der Waals surface area contributed by atoms with Gasteiger partial charge in [0.15, 0.2) is 5.69 Å². The minimum atomic E-state index is -0.214. The molecule has 1 fully saturated rings. The highest BCUT2D eigenvalue weighted by Gasteiger charge is 2.27. The van der Waals surface area contributed by atoms with Crippen molar-refractivity contribution in [3.8, 4) is 5.75 Å². The average Bonchev–Trinajstić information content (AvgIpc) is 3.42. The van der Waals surface area contributed by atoms with E-state index in [2.05, 4.69) is 15.6 Å². The number of piperidine rings is 1. The topological polar surface area (TPSA) is 102 Å². The van der Waals surface area contributed by atoms with Crippen LogP contribution in [0.1, 0.15) is 45.5 Å². The van der Waals surface area contributed by atoms with Gasteiger partial charge in [0.1, 0.15) is 17.3 Å². The van der Waals surface area contributed by atoms with E-state index in [1.807, 2.05) is 4.68 Å². The fraction of sp³-hybridized carbons (Fsp3) is 0.333. The Bertz CT molecular complexity index is 1030. The Balaban J connectivity index is 1.39. The number of aromatic nitrogens is 3. The molecule has 0 bridgehead atoms. The van der Waals surface area contributed by atoms with Crippen molar-refractivity contribution in [2.24, 2.45) is 0 Å². The zero-order valence-electron chi connectivity index (χ0n) is 16.9. The number of carbonyl (C=O) groups is 2. The molecule has 1 aliphatic heterocycles. The number of benzene rings is 1. The summed E-state index contributed by atoms with van der Waals surface area (Å²) in [7, 11) is 1.58. The van der Waals surface area contributed by atoms with Crippen LogP contribution >= 0.6 is 0 Å². The third-order valence-corrected chi connectivity index (χ3v) is 5.21. The van der Waals surface area contributed by atoms with E-state index in [1.165, 1.54) is 0 Å². The summed E-state index contributed by atoms with van der Waals surface area (Å²) >= 11 is 0. The summed E-state index contributed by atoms with van der Waals surface area (Å²) in [5, 5.41) is 11.1. The number of ether oxygens (including phenoxy) is 1. The Hall–Kier alpha value is -3.62. The molecule has 0 aliphatic carbocycles. The predicted octanol–water partition coefficient (Wildman–Crippen LogP) is 2.92. The molecule has 4 rings (SSSR count). The number of nitrogens with zero attached hydrogens (tertiary/aromatic N) is 4. The highest BCUT2D eigenvalue weighted by molar-refractivity contribution is 6.03. The van der Waals surface area contributed by atoms with Gasteiger partial charge in [-0.2, -0.15) is 5.10 Å². The molecule has 1 aliphatic rings. The second kappa shape index (κ2) is 8.40. The predicted molar refractivity (Wildman–Crippen MR) is 109 cm³/mol. The summed E-state index contributed by atoms with van der Waals surface area (Å²) in [6.07, 6.45) is 3.13. The third kappa shape index (κ3) is 4.05. The number of carbonyl (C=O) groups excluding carboxylic acids is 2. The van der Waals surface area contributed by atoms with Gasteiger partial charge < -0.3 is 19.5 Å². The molecule has 1 saturated heterocycles. The number of aryl methyl sites for hydroxylation is 1. The lowest BCUT2D eigenvalue weighted by atomic mass is 10.0. The van der Waals surface area contributed by atoms with E-state index in [-0.39, 0.29) is 17.9 Å². The van der Waals surface area contributed by atoms with Crippen molar-refractivity contribution in [1.82, 2.24) is 19.8 Å². The van der Waals surface area contributed by atoms with Gasteiger partial charge in [0.2, 0.25) is 0 Å². The number of hydrogen-bond donors (Lipinski definition) is 1. The van der Waals surface area contributed by atoms with E-state index < -0.39 is 0 Å². The molecular formula is C21H23N5O4. The van der Waals surface area contributed by atoms with E-state index in [4.69, 9.17) is 9.26 Å². The molecule has 0 saturated carbocycles. The lowest BCUT2D eigenvalue weighted by Gasteiger charge is -2.32. The number of anilines is 1. The van der Waals surface area contributed by atoms with Crippen molar-refractivity contribution < 1.29 is 18.8 Å². The fourth-order valence-electron chi connectivity index (χ4n) is 3.58. The van der Waals surface area contributed by atoms with E-state index in [9.17, 15) is 9.59 Å². The Kier molecular flexibility index (Phi) is 5.51. The number of nitrogens with one attached hydrogen (secondary N) is 1. The van der Waals surface area contributed by atoms with Crippen LogP contribution in [-0.2, 0) is 0 Å². The summed E-state index contributed by atoms with van der Waals surface area (Å²) < 4.78 is 11.9. The monoisotopic (exact) mass is 409 g/mol. The van der Waals surface area contributed by atoms with Gasteiger partial charge >= 0.3 is 0 Å². The molecule has 2 amide bonds. The van der Waals surface area contributed by atoms with Crippen molar-refractivity contribution in [1.29, 1.82) is 0 Å². The van der Waals surface area contributed by atoms with Gasteiger partial charge in [-0.1, -0.05) is 5.16 Å². The molecule has 2 aromatic heterocycles. The Morgan fingerprint density at radius 2 is 1.90 bits per heavy atom. The van der Waals surface area contributed by atoms with Gasteiger partial charge in [0.05, 0.1) is 19.3 Å². The second-order valence-electron chi connectivity index (χ2n) is 7.19. The summed E-state index contributed by atoms with van der Waals surface area (Å²) in [5.74, 6) is 1.60. The molecule has 0 atom stereocenters. The van der Waals surface area contributed by atoms with E-state index in [1.54, 1.807) is 61.5 Å². The number of hydrogen-bond acceptors (Lipinski definition) is 6. The van der Waals surface area contributed by atoms with Crippen LogP contribution in [0.25, 0.3) is 0 Å². The number of likely N-dealkylation sites (tertiary alicyclic amines) is 1. The van der Waals surface area contributed by atoms with Crippen LogP contribution in [0.2, 0.25) is 0 Å². The first-order valence-electron chi connectivity index (χ1n) is 9.76. The number of amides is 2. The van der Waals surface area contributed by atoms with Crippen molar-refractivity contribution in [2.45, 2.75) is 25.8 Å². The minimum Gasteiger partial charge on any atom is -0.497 e. The van der Waals surface area contributed by atoms with Crippen LogP contribution in [0.5, 0.6) is 5.75 Å². The molecule has 1 aromatic carbocycles. The Morgan fingerprint density at radius 3 is 2.53 bits per heavy atom. The third-order valence-electron chi connectivity index (χ3n) is 5.21. The molecule has 156 valence electrons. The van der Waals surface area contributed by atoms with E-state index in [0.29, 0.717) is 41.7 Å². The van der Waals surface area contributed by atoms with E-state index >= 15 is 0 Å². The summed E-state index contributed by atoms with van der Waals surface area (Å²) in [5.41, 5.74) is 0.865. The van der Waals surface area contributed by atoms with Gasteiger partial charge in [0, 0.05) is 30.8 Å². The van der Waals surface area contributed by atoms with Crippen molar-refractivity contribution in [3.05, 3.63) is 59.6 Å². The SMILES string of the molecule is COc1ccc(C(=O)Nc2ccnn2C2CCN(C(=O)c3cc(C)on3)CC2)cc1. The molecule has 9 heteroatoms. The van der Waals surface area contributed by atoms with Crippen molar-refractivity contribution in [3.63, 3.8) is 0 Å². The van der Waals surface area contributed by atoms with Crippen LogP contribution in [0.4, 0.5) is 5.82 Å². The minimum absolute atomic E-state index is 0.0919.